The topological polar surface area (TPSA) is 91.5 Å². The Balaban J connectivity index is 1.57. The van der Waals surface area contributed by atoms with E-state index in [0.717, 1.165) is 22.6 Å². The van der Waals surface area contributed by atoms with E-state index in [4.69, 9.17) is 0 Å². The number of benzene rings is 1. The van der Waals surface area contributed by atoms with Gasteiger partial charge in [0.15, 0.2) is 10.3 Å². The number of aryl methyl sites for hydroxylation is 2. The summed E-state index contributed by atoms with van der Waals surface area (Å²) in [5.41, 5.74) is 3.47. The lowest BCUT2D eigenvalue weighted by atomic mass is 10.2. The molecular formula is C18H18N4O2S2. The molecule has 26 heavy (non-hydrogen) atoms. The fourth-order valence-electron chi connectivity index (χ4n) is 2.28. The number of hydrogen-bond acceptors (Lipinski definition) is 6. The minimum Gasteiger partial charge on any atom is -0.301 e. The predicted octanol–water partition coefficient (Wildman–Crippen LogP) is 3.05. The monoisotopic (exact) mass is 386 g/mol. The van der Waals surface area contributed by atoms with Gasteiger partial charge in [-0.15, -0.1) is 0 Å². The van der Waals surface area contributed by atoms with Crippen molar-refractivity contribution < 1.29 is 0 Å². The van der Waals surface area contributed by atoms with Crippen LogP contribution in [0.25, 0.3) is 0 Å². The molecule has 8 heteroatoms. The molecule has 0 spiro atoms. The highest BCUT2D eigenvalue weighted by Gasteiger charge is 2.03. The zero-order valence-electron chi connectivity index (χ0n) is 14.4. The van der Waals surface area contributed by atoms with Crippen molar-refractivity contribution in [1.29, 1.82) is 0 Å². The lowest BCUT2D eigenvalue weighted by molar-refractivity contribution is 0.904. The SMILES string of the molecule is Cc1cc(=O)[nH]c(SCc2ccc(CSc3nc(C)cc(=O)[nH]3)cc2)n1. The van der Waals surface area contributed by atoms with Gasteiger partial charge in [0.2, 0.25) is 0 Å². The van der Waals surface area contributed by atoms with Crippen LogP contribution in [-0.4, -0.2) is 19.9 Å². The smallest absolute Gasteiger partial charge is 0.251 e. The highest BCUT2D eigenvalue weighted by molar-refractivity contribution is 7.98. The van der Waals surface area contributed by atoms with Crippen LogP contribution in [0.3, 0.4) is 0 Å². The lowest BCUT2D eigenvalue weighted by Gasteiger charge is -2.05. The van der Waals surface area contributed by atoms with Crippen molar-refractivity contribution in [2.75, 3.05) is 0 Å². The minimum atomic E-state index is -0.129. The van der Waals surface area contributed by atoms with Crippen LogP contribution in [0.5, 0.6) is 0 Å². The molecule has 3 rings (SSSR count). The van der Waals surface area contributed by atoms with Crippen molar-refractivity contribution in [3.63, 3.8) is 0 Å². The fraction of sp³-hybridized carbons (Fsp3) is 0.222. The van der Waals surface area contributed by atoms with Crippen LogP contribution < -0.4 is 11.1 Å². The van der Waals surface area contributed by atoms with Gasteiger partial charge >= 0.3 is 0 Å². The largest absolute Gasteiger partial charge is 0.301 e. The van der Waals surface area contributed by atoms with Crippen molar-refractivity contribution in [3.05, 3.63) is 79.6 Å². The number of nitrogens with one attached hydrogen (secondary N) is 2. The van der Waals surface area contributed by atoms with Gasteiger partial charge in [-0.2, -0.15) is 0 Å². The van der Waals surface area contributed by atoms with Crippen molar-refractivity contribution >= 4 is 23.5 Å². The maximum absolute atomic E-state index is 11.5. The Bertz CT molecular complexity index is 930. The molecule has 6 nitrogen and oxygen atoms in total. The third-order valence-electron chi connectivity index (χ3n) is 3.47. The third-order valence-corrected chi connectivity index (χ3v) is 5.36. The van der Waals surface area contributed by atoms with E-state index in [-0.39, 0.29) is 11.1 Å². The molecule has 0 saturated heterocycles. The molecule has 2 heterocycles. The molecular weight excluding hydrogens is 368 g/mol. The van der Waals surface area contributed by atoms with Gasteiger partial charge in [-0.3, -0.25) is 9.59 Å². The van der Waals surface area contributed by atoms with Crippen molar-refractivity contribution in [1.82, 2.24) is 19.9 Å². The first kappa shape index (κ1) is 18.5. The van der Waals surface area contributed by atoms with Crippen molar-refractivity contribution in [2.45, 2.75) is 35.7 Å². The molecule has 0 amide bonds. The third kappa shape index (κ3) is 5.34. The molecule has 0 aliphatic rings. The molecule has 0 aliphatic carbocycles. The second kappa shape index (κ2) is 8.37. The molecule has 2 aromatic heterocycles. The van der Waals surface area contributed by atoms with Gasteiger partial charge in [-0.05, 0) is 25.0 Å². The quantitative estimate of drug-likeness (QED) is 0.500. The molecule has 134 valence electrons. The second-order valence-corrected chi connectivity index (χ2v) is 7.71. The molecule has 3 aromatic rings. The summed E-state index contributed by atoms with van der Waals surface area (Å²) in [6.45, 7) is 3.62. The molecule has 0 atom stereocenters. The molecule has 2 N–H and O–H groups in total. The zero-order chi connectivity index (χ0) is 18.5. The maximum atomic E-state index is 11.5. The molecule has 0 radical (unpaired) electrons. The summed E-state index contributed by atoms with van der Waals surface area (Å²) < 4.78 is 0. The van der Waals surface area contributed by atoms with Crippen LogP contribution in [0.4, 0.5) is 0 Å². The molecule has 0 fully saturated rings. The summed E-state index contributed by atoms with van der Waals surface area (Å²) in [6, 6.07) is 11.2. The van der Waals surface area contributed by atoms with Crippen LogP contribution in [0.1, 0.15) is 22.5 Å². The van der Waals surface area contributed by atoms with Crippen LogP contribution in [0.15, 0.2) is 56.3 Å². The number of aromatic amines is 2. The Morgan fingerprint density at radius 3 is 1.50 bits per heavy atom. The van der Waals surface area contributed by atoms with Gasteiger partial charge in [-0.25, -0.2) is 9.97 Å². The summed E-state index contributed by atoms with van der Waals surface area (Å²) in [7, 11) is 0. The van der Waals surface area contributed by atoms with Crippen molar-refractivity contribution in [3.8, 4) is 0 Å². The van der Waals surface area contributed by atoms with E-state index in [1.165, 1.54) is 35.7 Å². The van der Waals surface area contributed by atoms with E-state index >= 15 is 0 Å². The van der Waals surface area contributed by atoms with Crippen molar-refractivity contribution in [2.24, 2.45) is 0 Å². The highest BCUT2D eigenvalue weighted by atomic mass is 32.2. The number of H-pyrrole nitrogens is 2. The molecule has 0 bridgehead atoms. The Labute approximate surface area is 158 Å². The lowest BCUT2D eigenvalue weighted by Crippen LogP contribution is -2.08. The van der Waals surface area contributed by atoms with Gasteiger partial charge in [0, 0.05) is 35.0 Å². The zero-order valence-corrected chi connectivity index (χ0v) is 16.0. The molecule has 1 aromatic carbocycles. The number of aromatic nitrogens is 4. The number of nitrogens with zero attached hydrogens (tertiary/aromatic N) is 2. The van der Waals surface area contributed by atoms with Gasteiger partial charge in [0.1, 0.15) is 0 Å². The molecule has 0 unspecified atom stereocenters. The average molecular weight is 387 g/mol. The first-order chi connectivity index (χ1) is 12.5. The van der Waals surface area contributed by atoms with E-state index in [0.29, 0.717) is 21.7 Å². The second-order valence-electron chi connectivity index (χ2n) is 5.78. The van der Waals surface area contributed by atoms with E-state index < -0.39 is 0 Å². The predicted molar refractivity (Wildman–Crippen MR) is 105 cm³/mol. The molecule has 0 aliphatic heterocycles. The summed E-state index contributed by atoms with van der Waals surface area (Å²) >= 11 is 3.00. The van der Waals surface area contributed by atoms with Crippen LogP contribution >= 0.6 is 23.5 Å². The van der Waals surface area contributed by atoms with E-state index in [9.17, 15) is 9.59 Å². The molecule has 0 saturated carbocycles. The standard InChI is InChI=1S/C18H18N4O2S2/c1-11-7-15(23)21-17(19-11)25-9-13-3-5-14(6-4-13)10-26-18-20-12(2)8-16(24)22-18/h3-8H,9-10H2,1-2H3,(H,19,21,23)(H,20,22,24). The highest BCUT2D eigenvalue weighted by Crippen LogP contribution is 2.21. The Hall–Kier alpha value is -2.32. The summed E-state index contributed by atoms with van der Waals surface area (Å²) in [5.74, 6) is 1.46. The number of thioether (sulfide) groups is 2. The maximum Gasteiger partial charge on any atom is 0.251 e. The minimum absolute atomic E-state index is 0.129. The van der Waals surface area contributed by atoms with Gasteiger partial charge in [0.05, 0.1) is 0 Å². The Morgan fingerprint density at radius 1 is 0.769 bits per heavy atom. The number of hydrogen-bond donors (Lipinski definition) is 2. The summed E-state index contributed by atoms with van der Waals surface area (Å²) in [5, 5.41) is 1.26. The number of rotatable bonds is 6. The van der Waals surface area contributed by atoms with Gasteiger partial charge in [0.25, 0.3) is 11.1 Å². The Morgan fingerprint density at radius 2 is 1.15 bits per heavy atom. The van der Waals surface area contributed by atoms with Gasteiger partial charge in [-0.1, -0.05) is 47.8 Å². The first-order valence-electron chi connectivity index (χ1n) is 7.97. The van der Waals surface area contributed by atoms with E-state index in [2.05, 4.69) is 44.2 Å². The summed E-state index contributed by atoms with van der Waals surface area (Å²) in [4.78, 5) is 37.0. The average Bonchev–Trinajstić information content (AvgIpc) is 2.57. The van der Waals surface area contributed by atoms with Crippen LogP contribution in [0.2, 0.25) is 0 Å². The fourth-order valence-corrected chi connectivity index (χ4v) is 4.03. The Kier molecular flexibility index (Phi) is 5.95. The van der Waals surface area contributed by atoms with E-state index in [1.54, 1.807) is 0 Å². The van der Waals surface area contributed by atoms with Gasteiger partial charge < -0.3 is 9.97 Å². The van der Waals surface area contributed by atoms with E-state index in [1.807, 2.05) is 13.8 Å². The van der Waals surface area contributed by atoms with Crippen LogP contribution in [0, 0.1) is 13.8 Å². The van der Waals surface area contributed by atoms with Crippen LogP contribution in [-0.2, 0) is 11.5 Å². The first-order valence-corrected chi connectivity index (χ1v) is 9.94. The normalized spacial score (nSPS) is 10.8. The summed E-state index contributed by atoms with van der Waals surface area (Å²) in [6.07, 6.45) is 0.